The first-order valence-corrected chi connectivity index (χ1v) is 28.5. The van der Waals surface area contributed by atoms with Gasteiger partial charge in [0.15, 0.2) is 6.61 Å². The van der Waals surface area contributed by atoms with Gasteiger partial charge in [0, 0.05) is 30.2 Å². The Morgan fingerprint density at radius 2 is 1.05 bits per heavy atom. The second-order valence-corrected chi connectivity index (χ2v) is 21.5. The molecule has 1 aliphatic rings. The van der Waals surface area contributed by atoms with Crippen molar-refractivity contribution in [2.45, 2.75) is 56.8 Å². The van der Waals surface area contributed by atoms with Gasteiger partial charge < -0.3 is 39.5 Å². The van der Waals surface area contributed by atoms with Crippen LogP contribution in [0, 0.1) is 20.8 Å². The molecule has 12 heteroatoms. The highest BCUT2D eigenvalue weighted by atomic mass is 16.5. The van der Waals surface area contributed by atoms with Crippen molar-refractivity contribution in [2.24, 2.45) is 0 Å². The Morgan fingerprint density at radius 3 is 1.61 bits per heavy atom. The number of nitrogens with zero attached hydrogens (tertiary/aromatic N) is 2. The van der Waals surface area contributed by atoms with Crippen LogP contribution in [-0.4, -0.2) is 60.9 Å². The van der Waals surface area contributed by atoms with Gasteiger partial charge in [-0.3, -0.25) is 9.59 Å². The largest absolute Gasteiger partial charge is 0.497 e. The number of carbonyl (C=O) groups excluding carboxylic acids is 3. The van der Waals surface area contributed by atoms with Crippen molar-refractivity contribution in [3.63, 3.8) is 0 Å². The molecule has 0 saturated carbocycles. The van der Waals surface area contributed by atoms with Gasteiger partial charge in [-0.2, -0.15) is 0 Å². The zero-order valence-corrected chi connectivity index (χ0v) is 48.2. The number of rotatable bonds is 21. The molecule has 0 saturated heterocycles. The third-order valence-electron chi connectivity index (χ3n) is 16.0. The van der Waals surface area contributed by atoms with Crippen LogP contribution in [0.2, 0.25) is 0 Å². The topological polar surface area (TPSA) is 142 Å². The molecule has 12 nitrogen and oxygen atoms in total. The van der Waals surface area contributed by atoms with Crippen LogP contribution in [0.15, 0.2) is 237 Å². The number of methoxy groups -OCH3 is 2. The van der Waals surface area contributed by atoms with Crippen LogP contribution in [0.1, 0.15) is 90.5 Å². The molecular weight excluding hydrogens is 1060 g/mol. The Morgan fingerprint density at radius 1 is 0.541 bits per heavy atom. The molecule has 1 unspecified atom stereocenters. The molecular formula is C73H67N5O7. The van der Waals surface area contributed by atoms with Crippen LogP contribution < -0.4 is 30.2 Å². The molecule has 3 N–H and O–H groups in total. The summed E-state index contributed by atoms with van der Waals surface area (Å²) in [7, 11) is 3.13. The van der Waals surface area contributed by atoms with Crippen LogP contribution in [0.4, 0.5) is 4.79 Å². The van der Waals surface area contributed by atoms with E-state index in [-0.39, 0.29) is 31.5 Å². The fourth-order valence-corrected chi connectivity index (χ4v) is 11.6. The number of ether oxygens (including phenoxy) is 4. The van der Waals surface area contributed by atoms with Gasteiger partial charge >= 0.3 is 6.09 Å². The van der Waals surface area contributed by atoms with Gasteiger partial charge in [0.2, 0.25) is 5.91 Å². The Hall–Kier alpha value is -10.2. The summed E-state index contributed by atoms with van der Waals surface area (Å²) in [6, 6.07) is 71.7. The molecule has 11 rings (SSSR count). The zero-order valence-electron chi connectivity index (χ0n) is 48.2. The molecule has 9 aromatic carbocycles. The smallest absolute Gasteiger partial charge is 0.407 e. The van der Waals surface area contributed by atoms with Crippen LogP contribution in [0.3, 0.4) is 0 Å². The predicted molar refractivity (Wildman–Crippen MR) is 331 cm³/mol. The fourth-order valence-electron chi connectivity index (χ4n) is 11.6. The maximum absolute atomic E-state index is 15.5. The second kappa shape index (κ2) is 25.5. The lowest BCUT2D eigenvalue weighted by atomic mass is 9.76. The van der Waals surface area contributed by atoms with Crippen molar-refractivity contribution < 1.29 is 33.3 Å². The summed E-state index contributed by atoms with van der Waals surface area (Å²) in [6.45, 7) is 5.92. The number of benzene rings is 9. The third kappa shape index (κ3) is 12.3. The minimum Gasteiger partial charge on any atom is -0.497 e. The quantitative estimate of drug-likeness (QED) is 0.0604. The monoisotopic (exact) mass is 1130 g/mol. The van der Waals surface area contributed by atoms with E-state index in [1.165, 1.54) is 0 Å². The molecule has 0 aliphatic heterocycles. The number of hydrogen-bond acceptors (Lipinski definition) is 8. The van der Waals surface area contributed by atoms with Crippen molar-refractivity contribution in [3.05, 3.63) is 309 Å². The number of amides is 3. The normalized spacial score (nSPS) is 12.5. The second-order valence-electron chi connectivity index (χ2n) is 21.5. The molecule has 0 fully saturated rings. The molecule has 2 atom stereocenters. The van der Waals surface area contributed by atoms with E-state index in [0.717, 1.165) is 66.8 Å². The van der Waals surface area contributed by atoms with Gasteiger partial charge in [-0.05, 0) is 101 Å². The van der Waals surface area contributed by atoms with Gasteiger partial charge in [0.25, 0.3) is 5.91 Å². The van der Waals surface area contributed by atoms with Crippen molar-refractivity contribution >= 4 is 17.9 Å². The SMILES string of the molecule is COc1ccc(C(NC(=O)[C@H](Cc2cn(C(c3ccccc3)(c3ccccc3)c3ccc(C)cc3)cn2)NC(=O)OCC2c3ccccc3-c3ccccc32)c2ccc(OCC(=O)NC(c3ccc(C)cc3)c3ccc(C)cc3)cc2)c(OC)c1. The Labute approximate surface area is 496 Å². The molecule has 0 spiro atoms. The van der Waals surface area contributed by atoms with Crippen LogP contribution in [0.5, 0.6) is 17.2 Å². The summed E-state index contributed by atoms with van der Waals surface area (Å²) in [6.07, 6.45) is 2.96. The van der Waals surface area contributed by atoms with E-state index in [1.54, 1.807) is 44.8 Å². The lowest BCUT2D eigenvalue weighted by Crippen LogP contribution is -2.49. The predicted octanol–water partition coefficient (Wildman–Crippen LogP) is 13.3. The number of alkyl carbamates (subject to hydrolysis) is 1. The summed E-state index contributed by atoms with van der Waals surface area (Å²) in [5, 5.41) is 9.45. The van der Waals surface area contributed by atoms with E-state index in [0.29, 0.717) is 34.1 Å². The van der Waals surface area contributed by atoms with Gasteiger partial charge in [0.05, 0.1) is 38.3 Å². The first-order chi connectivity index (χ1) is 41.5. The maximum Gasteiger partial charge on any atom is 0.407 e. The Balaban J connectivity index is 0.904. The van der Waals surface area contributed by atoms with E-state index >= 15 is 4.79 Å². The molecule has 1 aromatic heterocycles. The summed E-state index contributed by atoms with van der Waals surface area (Å²) >= 11 is 0. The summed E-state index contributed by atoms with van der Waals surface area (Å²) in [4.78, 5) is 48.6. The molecule has 0 bridgehead atoms. The number of fused-ring (bicyclic) bond motifs is 3. The van der Waals surface area contributed by atoms with Gasteiger partial charge in [-0.1, -0.05) is 211 Å². The number of hydrogen-bond donors (Lipinski definition) is 3. The Kier molecular flexibility index (Phi) is 17.0. The standard InChI is InChI=1S/C73H67N5O7/c1-48-24-30-51(31-25-48)69(52-32-26-49(2)27-33-52)76-68(79)46-84-58-38-34-53(35-39-58)70(64-41-40-59(82-4)43-67(64)83-5)77-71(80)66(75-72(81)85-45-65-62-22-14-12-20-60(62)61-21-13-15-23-63(61)65)42-57-44-78(47-74-57)73(54-16-8-6-9-17-54,55-18-10-7-11-19-55)56-36-28-50(3)29-37-56/h6-41,43-44,47,65-66,69-70H,42,45-46H2,1-5H3,(H,75,81)(H,76,79)(H,77,80)/t66-,70?/m0/s1. The van der Waals surface area contributed by atoms with Crippen molar-refractivity contribution in [1.82, 2.24) is 25.5 Å². The highest BCUT2D eigenvalue weighted by Crippen LogP contribution is 2.45. The van der Waals surface area contributed by atoms with E-state index < -0.39 is 35.7 Å². The molecule has 3 amide bonds. The Bertz CT molecular complexity index is 3790. The summed E-state index contributed by atoms with van der Waals surface area (Å²) in [5.41, 5.74) is 13.5. The van der Waals surface area contributed by atoms with Crippen molar-refractivity contribution in [2.75, 3.05) is 27.4 Å². The number of nitrogens with one attached hydrogen (secondary N) is 3. The number of carbonyl (C=O) groups is 3. The van der Waals surface area contributed by atoms with Crippen LogP contribution in [-0.2, 0) is 26.3 Å². The van der Waals surface area contributed by atoms with E-state index in [1.807, 2.05) is 147 Å². The number of aromatic nitrogens is 2. The molecule has 1 heterocycles. The fraction of sp³-hybridized carbons (Fsp3) is 0.178. The van der Waals surface area contributed by atoms with Gasteiger partial charge in [0.1, 0.15) is 35.4 Å². The van der Waals surface area contributed by atoms with Gasteiger partial charge in [-0.15, -0.1) is 0 Å². The van der Waals surface area contributed by atoms with E-state index in [4.69, 9.17) is 23.9 Å². The minimum atomic E-state index is -1.21. The average Bonchev–Trinajstić information content (AvgIpc) is 3.45. The molecule has 10 aromatic rings. The lowest BCUT2D eigenvalue weighted by Gasteiger charge is -2.37. The van der Waals surface area contributed by atoms with Crippen LogP contribution in [0.25, 0.3) is 11.1 Å². The molecule has 1 aliphatic carbocycles. The summed E-state index contributed by atoms with van der Waals surface area (Å²) in [5.74, 6) is 0.408. The van der Waals surface area contributed by atoms with Gasteiger partial charge in [-0.25, -0.2) is 9.78 Å². The lowest BCUT2D eigenvalue weighted by molar-refractivity contribution is -0.124. The third-order valence-corrected chi connectivity index (χ3v) is 16.0. The molecule has 0 radical (unpaired) electrons. The first-order valence-electron chi connectivity index (χ1n) is 28.5. The molecule has 85 heavy (non-hydrogen) atoms. The van der Waals surface area contributed by atoms with Crippen LogP contribution >= 0.6 is 0 Å². The van der Waals surface area contributed by atoms with E-state index in [9.17, 15) is 9.59 Å². The number of imidazole rings is 1. The van der Waals surface area contributed by atoms with Crippen molar-refractivity contribution in [3.8, 4) is 28.4 Å². The summed E-state index contributed by atoms with van der Waals surface area (Å²) < 4.78 is 25.9. The first kappa shape index (κ1) is 56.7. The maximum atomic E-state index is 15.5. The highest BCUT2D eigenvalue weighted by Gasteiger charge is 2.39. The highest BCUT2D eigenvalue weighted by molar-refractivity contribution is 5.87. The zero-order chi connectivity index (χ0) is 58.9. The average molecular weight is 1130 g/mol. The number of aryl methyl sites for hydroxylation is 3. The van der Waals surface area contributed by atoms with E-state index in [2.05, 4.69) is 100 Å². The molecule has 426 valence electrons. The minimum absolute atomic E-state index is 0.0213. The van der Waals surface area contributed by atoms with Crippen molar-refractivity contribution in [1.29, 1.82) is 0 Å².